The Morgan fingerprint density at radius 1 is 1.20 bits per heavy atom. The summed E-state index contributed by atoms with van der Waals surface area (Å²) >= 11 is 3.22. The second-order valence-corrected chi connectivity index (χ2v) is 6.36. The zero-order valence-corrected chi connectivity index (χ0v) is 15.8. The molecule has 2 aromatic rings. The largest absolute Gasteiger partial charge is 0.480 e. The van der Waals surface area contributed by atoms with Crippen molar-refractivity contribution in [2.24, 2.45) is 0 Å². The van der Waals surface area contributed by atoms with E-state index in [1.54, 1.807) is 6.92 Å². The molecule has 0 heterocycles. The van der Waals surface area contributed by atoms with Gasteiger partial charge in [0.05, 0.1) is 11.1 Å². The molecule has 4 nitrogen and oxygen atoms in total. The van der Waals surface area contributed by atoms with Crippen molar-refractivity contribution < 1.29 is 18.7 Å². The van der Waals surface area contributed by atoms with Gasteiger partial charge < -0.3 is 14.8 Å². The SMILES string of the molecule is CCOCc1ccc(CNC(=O)C(C)Oc2ccc(F)cc2Br)cc1. The summed E-state index contributed by atoms with van der Waals surface area (Å²) in [6.07, 6.45) is -0.695. The van der Waals surface area contributed by atoms with Crippen molar-refractivity contribution in [2.75, 3.05) is 6.61 Å². The average Bonchev–Trinajstić information content (AvgIpc) is 2.61. The van der Waals surface area contributed by atoms with E-state index in [-0.39, 0.29) is 11.7 Å². The fraction of sp³-hybridized carbons (Fsp3) is 0.316. The highest BCUT2D eigenvalue weighted by Crippen LogP contribution is 2.26. The van der Waals surface area contributed by atoms with Gasteiger partial charge in [-0.3, -0.25) is 4.79 Å². The van der Waals surface area contributed by atoms with Gasteiger partial charge in [-0.25, -0.2) is 4.39 Å². The first-order valence-electron chi connectivity index (χ1n) is 8.04. The van der Waals surface area contributed by atoms with Gasteiger partial charge >= 0.3 is 0 Å². The number of amides is 1. The molecule has 0 fully saturated rings. The van der Waals surface area contributed by atoms with Gasteiger partial charge in [-0.1, -0.05) is 24.3 Å². The van der Waals surface area contributed by atoms with E-state index < -0.39 is 6.10 Å². The summed E-state index contributed by atoms with van der Waals surface area (Å²) in [7, 11) is 0. The van der Waals surface area contributed by atoms with Crippen LogP contribution in [0.4, 0.5) is 4.39 Å². The Balaban J connectivity index is 1.84. The van der Waals surface area contributed by atoms with Crippen molar-refractivity contribution in [1.82, 2.24) is 5.32 Å². The van der Waals surface area contributed by atoms with E-state index in [0.717, 1.165) is 11.1 Å². The smallest absolute Gasteiger partial charge is 0.261 e. The molecule has 0 saturated heterocycles. The van der Waals surface area contributed by atoms with Gasteiger partial charge in [0.1, 0.15) is 11.6 Å². The number of ether oxygens (including phenoxy) is 2. The van der Waals surface area contributed by atoms with Crippen molar-refractivity contribution in [1.29, 1.82) is 0 Å². The maximum absolute atomic E-state index is 13.1. The van der Waals surface area contributed by atoms with Crippen molar-refractivity contribution in [3.05, 3.63) is 63.9 Å². The summed E-state index contributed by atoms with van der Waals surface area (Å²) in [5.74, 6) is -0.192. The van der Waals surface area contributed by atoms with Crippen molar-refractivity contribution in [3.8, 4) is 5.75 Å². The van der Waals surface area contributed by atoms with Crippen LogP contribution in [0.5, 0.6) is 5.75 Å². The minimum Gasteiger partial charge on any atom is -0.480 e. The lowest BCUT2D eigenvalue weighted by atomic mass is 10.1. The standard InChI is InChI=1S/C19H21BrFNO3/c1-3-24-12-15-6-4-14(5-7-15)11-22-19(23)13(2)25-18-9-8-16(21)10-17(18)20/h4-10,13H,3,11-12H2,1-2H3,(H,22,23). The minimum atomic E-state index is -0.695. The van der Waals surface area contributed by atoms with Gasteiger partial charge in [-0.15, -0.1) is 0 Å². The number of nitrogens with one attached hydrogen (secondary N) is 1. The predicted molar refractivity (Wildman–Crippen MR) is 97.8 cm³/mol. The van der Waals surface area contributed by atoms with Crippen molar-refractivity contribution >= 4 is 21.8 Å². The van der Waals surface area contributed by atoms with E-state index in [9.17, 15) is 9.18 Å². The van der Waals surface area contributed by atoms with Crippen molar-refractivity contribution in [2.45, 2.75) is 33.1 Å². The first kappa shape index (κ1) is 19.4. The first-order chi connectivity index (χ1) is 12.0. The highest BCUT2D eigenvalue weighted by atomic mass is 79.9. The molecule has 1 amide bonds. The molecule has 0 spiro atoms. The Labute approximate surface area is 155 Å². The highest BCUT2D eigenvalue weighted by Gasteiger charge is 2.16. The molecule has 1 unspecified atom stereocenters. The molecule has 0 aromatic heterocycles. The zero-order valence-electron chi connectivity index (χ0n) is 14.2. The predicted octanol–water partition coefficient (Wildman–Crippen LogP) is 4.21. The lowest BCUT2D eigenvalue weighted by Crippen LogP contribution is -2.35. The second kappa shape index (κ2) is 9.53. The minimum absolute atomic E-state index is 0.241. The van der Waals surface area contributed by atoms with Crippen LogP contribution in [-0.4, -0.2) is 18.6 Å². The van der Waals surface area contributed by atoms with Crippen LogP contribution in [-0.2, 0) is 22.7 Å². The molecule has 1 N–H and O–H groups in total. The third-order valence-corrected chi connectivity index (χ3v) is 4.15. The van der Waals surface area contributed by atoms with Crippen LogP contribution in [0.25, 0.3) is 0 Å². The van der Waals surface area contributed by atoms with Crippen LogP contribution in [0.2, 0.25) is 0 Å². The zero-order chi connectivity index (χ0) is 18.2. The number of hydrogen-bond donors (Lipinski definition) is 1. The average molecular weight is 410 g/mol. The topological polar surface area (TPSA) is 47.6 Å². The van der Waals surface area contributed by atoms with Crippen LogP contribution in [0, 0.1) is 5.82 Å². The third-order valence-electron chi connectivity index (χ3n) is 3.53. The molecule has 2 rings (SSSR count). The summed E-state index contributed by atoms with van der Waals surface area (Å²) in [5, 5.41) is 2.83. The highest BCUT2D eigenvalue weighted by molar-refractivity contribution is 9.10. The fourth-order valence-electron chi connectivity index (χ4n) is 2.12. The number of rotatable bonds is 8. The lowest BCUT2D eigenvalue weighted by molar-refractivity contribution is -0.127. The number of carbonyl (C=O) groups excluding carboxylic acids is 1. The first-order valence-corrected chi connectivity index (χ1v) is 8.84. The molecule has 0 aliphatic carbocycles. The molecule has 134 valence electrons. The third kappa shape index (κ3) is 6.14. The van der Waals surface area contributed by atoms with Crippen molar-refractivity contribution in [3.63, 3.8) is 0 Å². The van der Waals surface area contributed by atoms with Gasteiger partial charge in [0.15, 0.2) is 6.10 Å². The van der Waals surface area contributed by atoms with Gasteiger partial charge in [0, 0.05) is 13.2 Å². The Morgan fingerprint density at radius 2 is 1.88 bits per heavy atom. The lowest BCUT2D eigenvalue weighted by Gasteiger charge is -2.16. The normalized spacial score (nSPS) is 11.8. The fourth-order valence-corrected chi connectivity index (χ4v) is 2.57. The van der Waals surface area contributed by atoms with Gasteiger partial charge in [0.2, 0.25) is 0 Å². The van der Waals surface area contributed by atoms with Crippen LogP contribution < -0.4 is 10.1 Å². The van der Waals surface area contributed by atoms with E-state index >= 15 is 0 Å². The Morgan fingerprint density at radius 3 is 2.52 bits per heavy atom. The Bertz CT molecular complexity index is 706. The van der Waals surface area contributed by atoms with Crippen LogP contribution in [0.3, 0.4) is 0 Å². The monoisotopic (exact) mass is 409 g/mol. The molecule has 0 aliphatic heterocycles. The van der Waals surface area contributed by atoms with Crippen LogP contribution in [0.1, 0.15) is 25.0 Å². The van der Waals surface area contributed by atoms with E-state index in [1.165, 1.54) is 18.2 Å². The van der Waals surface area contributed by atoms with Gasteiger partial charge in [-0.2, -0.15) is 0 Å². The number of carbonyl (C=O) groups is 1. The summed E-state index contributed by atoms with van der Waals surface area (Å²) in [6.45, 7) is 5.28. The maximum Gasteiger partial charge on any atom is 0.261 e. The molecule has 6 heteroatoms. The van der Waals surface area contributed by atoms with Gasteiger partial charge in [-0.05, 0) is 59.1 Å². The summed E-state index contributed by atoms with van der Waals surface area (Å²) in [4.78, 5) is 12.2. The molecule has 25 heavy (non-hydrogen) atoms. The summed E-state index contributed by atoms with van der Waals surface area (Å²) in [6, 6.07) is 11.9. The number of hydrogen-bond acceptors (Lipinski definition) is 3. The molecule has 0 aliphatic rings. The molecule has 0 bridgehead atoms. The Kier molecular flexibility index (Phi) is 7.40. The van der Waals surface area contributed by atoms with E-state index in [4.69, 9.17) is 9.47 Å². The molecule has 0 radical (unpaired) electrons. The van der Waals surface area contributed by atoms with Crippen LogP contribution >= 0.6 is 15.9 Å². The summed E-state index contributed by atoms with van der Waals surface area (Å²) < 4.78 is 24.5. The summed E-state index contributed by atoms with van der Waals surface area (Å²) in [5.41, 5.74) is 2.08. The molecule has 0 saturated carbocycles. The van der Waals surface area contributed by atoms with Gasteiger partial charge in [0.25, 0.3) is 5.91 Å². The number of halogens is 2. The van der Waals surface area contributed by atoms with E-state index in [0.29, 0.717) is 30.0 Å². The van der Waals surface area contributed by atoms with E-state index in [1.807, 2.05) is 31.2 Å². The molecular weight excluding hydrogens is 389 g/mol. The Hall–Kier alpha value is -1.92. The molecule has 1 atom stereocenters. The number of benzene rings is 2. The quantitative estimate of drug-likeness (QED) is 0.710. The van der Waals surface area contributed by atoms with Crippen LogP contribution in [0.15, 0.2) is 46.9 Å². The molecule has 2 aromatic carbocycles. The molecular formula is C19H21BrFNO3. The van der Waals surface area contributed by atoms with E-state index in [2.05, 4.69) is 21.2 Å². The maximum atomic E-state index is 13.1. The second-order valence-electron chi connectivity index (χ2n) is 5.51.